The fraction of sp³-hybridized carbons (Fsp3) is 0.286. The fourth-order valence-electron chi connectivity index (χ4n) is 3.01. The summed E-state index contributed by atoms with van der Waals surface area (Å²) < 4.78 is 15.4. The predicted octanol–water partition coefficient (Wildman–Crippen LogP) is 2.48. The van der Waals surface area contributed by atoms with Crippen LogP contribution in [0.2, 0.25) is 0 Å². The molecule has 0 spiro atoms. The van der Waals surface area contributed by atoms with Gasteiger partial charge in [-0.05, 0) is 36.4 Å². The first-order valence-electron chi connectivity index (χ1n) is 8.80. The highest BCUT2D eigenvalue weighted by Crippen LogP contribution is 2.28. The fourth-order valence-corrected chi connectivity index (χ4v) is 3.01. The van der Waals surface area contributed by atoms with Crippen LogP contribution >= 0.6 is 0 Å². The third-order valence-corrected chi connectivity index (χ3v) is 4.58. The Balaban J connectivity index is 1.57. The van der Waals surface area contributed by atoms with Crippen LogP contribution in [0.1, 0.15) is 16.8 Å². The number of carbonyl (C=O) groups is 3. The average Bonchev–Trinajstić information content (AvgIpc) is 3.13. The number of hydrogen-bond donors (Lipinski definition) is 0. The molecular weight excluding hydrogens is 362 g/mol. The van der Waals surface area contributed by atoms with Crippen molar-refractivity contribution in [1.29, 1.82) is 0 Å². The SMILES string of the molecule is COc1ccc(C(=O)COC(=O)[C@@H]2CC(=O)N(c3cccc(OC)c3)C2)cc1. The van der Waals surface area contributed by atoms with E-state index in [-0.39, 0.29) is 31.3 Å². The quantitative estimate of drug-likeness (QED) is 0.540. The molecule has 0 bridgehead atoms. The summed E-state index contributed by atoms with van der Waals surface area (Å²) in [6, 6.07) is 13.6. The van der Waals surface area contributed by atoms with Gasteiger partial charge in [-0.1, -0.05) is 6.07 Å². The van der Waals surface area contributed by atoms with Gasteiger partial charge in [0.25, 0.3) is 0 Å². The minimum atomic E-state index is -0.609. The summed E-state index contributed by atoms with van der Waals surface area (Å²) in [7, 11) is 3.08. The van der Waals surface area contributed by atoms with Gasteiger partial charge in [0, 0.05) is 30.3 Å². The highest BCUT2D eigenvalue weighted by molar-refractivity contribution is 6.01. The smallest absolute Gasteiger partial charge is 0.311 e. The lowest BCUT2D eigenvalue weighted by atomic mass is 10.1. The van der Waals surface area contributed by atoms with E-state index in [9.17, 15) is 14.4 Å². The maximum atomic E-state index is 12.3. The van der Waals surface area contributed by atoms with Crippen molar-refractivity contribution in [3.05, 3.63) is 54.1 Å². The minimum Gasteiger partial charge on any atom is -0.497 e. The van der Waals surface area contributed by atoms with Gasteiger partial charge in [-0.3, -0.25) is 14.4 Å². The van der Waals surface area contributed by atoms with Crippen molar-refractivity contribution in [1.82, 2.24) is 0 Å². The molecule has 2 aromatic rings. The molecule has 7 nitrogen and oxygen atoms in total. The molecule has 28 heavy (non-hydrogen) atoms. The van der Waals surface area contributed by atoms with E-state index in [2.05, 4.69) is 0 Å². The second-order valence-corrected chi connectivity index (χ2v) is 6.37. The molecule has 0 aliphatic carbocycles. The van der Waals surface area contributed by atoms with Crippen LogP contribution in [-0.4, -0.2) is 45.0 Å². The topological polar surface area (TPSA) is 82.1 Å². The molecule has 0 aromatic heterocycles. The van der Waals surface area contributed by atoms with Gasteiger partial charge < -0.3 is 19.1 Å². The molecule has 7 heteroatoms. The zero-order valence-electron chi connectivity index (χ0n) is 15.7. The van der Waals surface area contributed by atoms with Crippen molar-refractivity contribution in [3.63, 3.8) is 0 Å². The van der Waals surface area contributed by atoms with Crippen molar-refractivity contribution in [2.45, 2.75) is 6.42 Å². The van der Waals surface area contributed by atoms with E-state index < -0.39 is 11.9 Å². The number of nitrogens with zero attached hydrogens (tertiary/aromatic N) is 1. The van der Waals surface area contributed by atoms with Crippen LogP contribution in [0.15, 0.2) is 48.5 Å². The van der Waals surface area contributed by atoms with Crippen LogP contribution in [0.25, 0.3) is 0 Å². The lowest BCUT2D eigenvalue weighted by Gasteiger charge is -2.17. The first-order chi connectivity index (χ1) is 13.5. The standard InChI is InChI=1S/C21H21NO6/c1-26-17-8-6-14(7-9-17)19(23)13-28-21(25)15-10-20(24)22(12-15)16-4-3-5-18(11-16)27-2/h3-9,11,15H,10,12-13H2,1-2H3/t15-/m1/s1. The van der Waals surface area contributed by atoms with Gasteiger partial charge in [-0.15, -0.1) is 0 Å². The van der Waals surface area contributed by atoms with E-state index in [1.54, 1.807) is 55.6 Å². The van der Waals surface area contributed by atoms with E-state index in [0.29, 0.717) is 22.7 Å². The maximum Gasteiger partial charge on any atom is 0.311 e. The largest absolute Gasteiger partial charge is 0.497 e. The Labute approximate surface area is 162 Å². The van der Waals surface area contributed by atoms with E-state index >= 15 is 0 Å². The van der Waals surface area contributed by atoms with Crippen LogP contribution in [-0.2, 0) is 14.3 Å². The number of methoxy groups -OCH3 is 2. The number of amides is 1. The lowest BCUT2D eigenvalue weighted by Crippen LogP contribution is -2.27. The maximum absolute atomic E-state index is 12.3. The zero-order valence-corrected chi connectivity index (χ0v) is 15.7. The van der Waals surface area contributed by atoms with Crippen molar-refractivity contribution in [2.24, 2.45) is 5.92 Å². The Kier molecular flexibility index (Phi) is 5.93. The Morgan fingerprint density at radius 2 is 1.75 bits per heavy atom. The third-order valence-electron chi connectivity index (χ3n) is 4.58. The third kappa shape index (κ3) is 4.31. The molecule has 0 unspecified atom stereocenters. The lowest BCUT2D eigenvalue weighted by molar-refractivity contribution is -0.147. The first-order valence-corrected chi connectivity index (χ1v) is 8.80. The van der Waals surface area contributed by atoms with Crippen molar-refractivity contribution < 1.29 is 28.6 Å². The van der Waals surface area contributed by atoms with E-state index in [0.717, 1.165) is 0 Å². The molecule has 1 heterocycles. The number of rotatable bonds is 7. The molecular formula is C21H21NO6. The number of benzene rings is 2. The van der Waals surface area contributed by atoms with Crippen molar-refractivity contribution >= 4 is 23.3 Å². The number of hydrogen-bond acceptors (Lipinski definition) is 6. The van der Waals surface area contributed by atoms with Crippen LogP contribution in [0.4, 0.5) is 5.69 Å². The minimum absolute atomic E-state index is 0.0484. The number of anilines is 1. The Morgan fingerprint density at radius 3 is 2.43 bits per heavy atom. The van der Waals surface area contributed by atoms with Gasteiger partial charge in [0.2, 0.25) is 5.91 Å². The summed E-state index contributed by atoms with van der Waals surface area (Å²) in [5.74, 6) is -0.387. The van der Waals surface area contributed by atoms with Crippen molar-refractivity contribution in [3.8, 4) is 11.5 Å². The molecule has 1 saturated heterocycles. The molecule has 1 fully saturated rings. The Hall–Kier alpha value is -3.35. The summed E-state index contributed by atoms with van der Waals surface area (Å²) in [5.41, 5.74) is 1.09. The van der Waals surface area contributed by atoms with Crippen LogP contribution in [0, 0.1) is 5.92 Å². The Morgan fingerprint density at radius 1 is 1.04 bits per heavy atom. The average molecular weight is 383 g/mol. The first kappa shape index (κ1) is 19.4. The molecule has 1 aliphatic heterocycles. The number of Topliss-reactive ketones (excluding diaryl/α,β-unsaturated/α-hetero) is 1. The van der Waals surface area contributed by atoms with Crippen molar-refractivity contribution in [2.75, 3.05) is 32.3 Å². The van der Waals surface area contributed by atoms with E-state index in [4.69, 9.17) is 14.2 Å². The predicted molar refractivity (Wildman–Crippen MR) is 102 cm³/mol. The van der Waals surface area contributed by atoms with Gasteiger partial charge in [0.05, 0.1) is 20.1 Å². The summed E-state index contributed by atoms with van der Waals surface area (Å²) in [6.45, 7) is -0.156. The number of ether oxygens (including phenoxy) is 3. The number of ketones is 1. The summed E-state index contributed by atoms with van der Waals surface area (Å²) >= 11 is 0. The highest BCUT2D eigenvalue weighted by Gasteiger charge is 2.36. The molecule has 0 saturated carbocycles. The molecule has 1 aliphatic rings. The molecule has 1 atom stereocenters. The summed E-state index contributed by atoms with van der Waals surface area (Å²) in [5, 5.41) is 0. The number of carbonyl (C=O) groups excluding carboxylic acids is 3. The number of esters is 1. The van der Waals surface area contributed by atoms with E-state index in [1.165, 1.54) is 12.0 Å². The summed E-state index contributed by atoms with van der Waals surface area (Å²) in [6.07, 6.45) is 0.0484. The molecule has 2 aromatic carbocycles. The second-order valence-electron chi connectivity index (χ2n) is 6.37. The van der Waals surface area contributed by atoms with Crippen LogP contribution in [0.3, 0.4) is 0 Å². The van der Waals surface area contributed by atoms with Gasteiger partial charge in [-0.2, -0.15) is 0 Å². The van der Waals surface area contributed by atoms with Crippen LogP contribution < -0.4 is 14.4 Å². The van der Waals surface area contributed by atoms with Gasteiger partial charge in [-0.25, -0.2) is 0 Å². The van der Waals surface area contributed by atoms with Gasteiger partial charge >= 0.3 is 5.97 Å². The molecule has 146 valence electrons. The Bertz CT molecular complexity index is 877. The molecule has 0 N–H and O–H groups in total. The zero-order chi connectivity index (χ0) is 20.1. The molecule has 3 rings (SSSR count). The highest BCUT2D eigenvalue weighted by atomic mass is 16.5. The van der Waals surface area contributed by atoms with Gasteiger partial charge in [0.1, 0.15) is 11.5 Å². The molecule has 1 amide bonds. The normalized spacial score (nSPS) is 16.0. The monoisotopic (exact) mass is 383 g/mol. The summed E-state index contributed by atoms with van der Waals surface area (Å²) in [4.78, 5) is 38.3. The molecule has 0 radical (unpaired) electrons. The second kappa shape index (κ2) is 8.56. The van der Waals surface area contributed by atoms with E-state index in [1.807, 2.05) is 0 Å². The van der Waals surface area contributed by atoms with Gasteiger partial charge in [0.15, 0.2) is 12.4 Å². The van der Waals surface area contributed by atoms with Crippen LogP contribution in [0.5, 0.6) is 11.5 Å².